The minimum atomic E-state index is -0.915. The van der Waals surface area contributed by atoms with Gasteiger partial charge in [0, 0.05) is 12.5 Å². The molecule has 112 valence electrons. The molecule has 0 spiro atoms. The molecule has 0 aliphatic carbocycles. The average molecular weight is 289 g/mol. The summed E-state index contributed by atoms with van der Waals surface area (Å²) in [4.78, 5) is 17.2. The van der Waals surface area contributed by atoms with Crippen LogP contribution in [0.2, 0.25) is 0 Å². The Morgan fingerprint density at radius 3 is 2.48 bits per heavy atom. The number of aromatic carboxylic acids is 1. The SMILES string of the molecule is CC(C)c1noc(CN(C)Cc2ccc(C(=O)O)cc2)n1. The molecule has 1 aromatic carbocycles. The fourth-order valence-corrected chi connectivity index (χ4v) is 1.92. The van der Waals surface area contributed by atoms with E-state index in [0.29, 0.717) is 30.4 Å². The highest BCUT2D eigenvalue weighted by Gasteiger charge is 2.12. The molecule has 6 heteroatoms. The van der Waals surface area contributed by atoms with Gasteiger partial charge in [-0.25, -0.2) is 4.79 Å². The van der Waals surface area contributed by atoms with Gasteiger partial charge in [-0.1, -0.05) is 31.1 Å². The van der Waals surface area contributed by atoms with Crippen LogP contribution in [0.15, 0.2) is 28.8 Å². The topological polar surface area (TPSA) is 79.5 Å². The van der Waals surface area contributed by atoms with Crippen molar-refractivity contribution >= 4 is 5.97 Å². The number of hydrogen-bond acceptors (Lipinski definition) is 5. The molecule has 1 N–H and O–H groups in total. The summed E-state index contributed by atoms with van der Waals surface area (Å²) < 4.78 is 5.20. The van der Waals surface area contributed by atoms with Gasteiger partial charge >= 0.3 is 5.97 Å². The molecule has 0 fully saturated rings. The third kappa shape index (κ3) is 4.13. The second kappa shape index (κ2) is 6.49. The maximum atomic E-state index is 10.8. The number of aromatic nitrogens is 2. The lowest BCUT2D eigenvalue weighted by molar-refractivity contribution is 0.0697. The van der Waals surface area contributed by atoms with E-state index in [9.17, 15) is 4.79 Å². The Hall–Kier alpha value is -2.21. The zero-order valence-electron chi connectivity index (χ0n) is 12.4. The quantitative estimate of drug-likeness (QED) is 0.880. The Bertz CT molecular complexity index is 605. The third-order valence-corrected chi connectivity index (χ3v) is 3.06. The number of carbonyl (C=O) groups is 1. The highest BCUT2D eigenvalue weighted by Crippen LogP contribution is 2.12. The van der Waals surface area contributed by atoms with Crippen molar-refractivity contribution in [1.29, 1.82) is 0 Å². The van der Waals surface area contributed by atoms with Gasteiger partial charge in [-0.05, 0) is 24.7 Å². The molecule has 0 saturated heterocycles. The summed E-state index contributed by atoms with van der Waals surface area (Å²) in [5.74, 6) is 0.630. The fourth-order valence-electron chi connectivity index (χ4n) is 1.92. The van der Waals surface area contributed by atoms with Gasteiger partial charge in [0.15, 0.2) is 5.82 Å². The summed E-state index contributed by atoms with van der Waals surface area (Å²) in [5.41, 5.74) is 1.32. The van der Waals surface area contributed by atoms with Crippen molar-refractivity contribution in [3.05, 3.63) is 47.1 Å². The second-order valence-electron chi connectivity index (χ2n) is 5.38. The number of hydrogen-bond donors (Lipinski definition) is 1. The molecule has 0 unspecified atom stereocenters. The van der Waals surface area contributed by atoms with Crippen LogP contribution >= 0.6 is 0 Å². The predicted octanol–water partition coefficient (Wildman–Crippen LogP) is 2.52. The van der Waals surface area contributed by atoms with Crippen molar-refractivity contribution in [1.82, 2.24) is 15.0 Å². The van der Waals surface area contributed by atoms with E-state index in [1.54, 1.807) is 12.1 Å². The van der Waals surface area contributed by atoms with Crippen molar-refractivity contribution in [2.75, 3.05) is 7.05 Å². The Morgan fingerprint density at radius 1 is 1.29 bits per heavy atom. The van der Waals surface area contributed by atoms with Gasteiger partial charge < -0.3 is 9.63 Å². The number of carboxylic acid groups (broad SMARTS) is 1. The monoisotopic (exact) mass is 289 g/mol. The second-order valence-corrected chi connectivity index (χ2v) is 5.38. The molecule has 2 aromatic rings. The molecule has 1 heterocycles. The molecule has 0 aliphatic heterocycles. The van der Waals surface area contributed by atoms with Crippen molar-refractivity contribution in [2.24, 2.45) is 0 Å². The standard InChI is InChI=1S/C15H19N3O3/c1-10(2)14-16-13(21-17-14)9-18(3)8-11-4-6-12(7-5-11)15(19)20/h4-7,10H,8-9H2,1-3H3,(H,19,20). The van der Waals surface area contributed by atoms with Gasteiger partial charge in [0.05, 0.1) is 12.1 Å². The van der Waals surface area contributed by atoms with Crippen LogP contribution in [0, 0.1) is 0 Å². The molecule has 6 nitrogen and oxygen atoms in total. The lowest BCUT2D eigenvalue weighted by Gasteiger charge is -2.14. The van der Waals surface area contributed by atoms with Gasteiger partial charge in [-0.15, -0.1) is 0 Å². The van der Waals surface area contributed by atoms with Crippen LogP contribution in [-0.2, 0) is 13.1 Å². The van der Waals surface area contributed by atoms with E-state index in [2.05, 4.69) is 10.1 Å². The molecule has 0 radical (unpaired) electrons. The number of benzene rings is 1. The first kappa shape index (κ1) is 15.2. The maximum absolute atomic E-state index is 10.8. The summed E-state index contributed by atoms with van der Waals surface area (Å²) in [6.07, 6.45) is 0. The zero-order chi connectivity index (χ0) is 15.4. The molecule has 0 aliphatic rings. The van der Waals surface area contributed by atoms with Crippen LogP contribution < -0.4 is 0 Å². The fraction of sp³-hybridized carbons (Fsp3) is 0.400. The van der Waals surface area contributed by atoms with E-state index < -0.39 is 5.97 Å². The Kier molecular flexibility index (Phi) is 4.70. The molecular formula is C15H19N3O3. The van der Waals surface area contributed by atoms with Crippen LogP contribution in [-0.4, -0.2) is 33.2 Å². The summed E-state index contributed by atoms with van der Waals surface area (Å²) in [5, 5.41) is 12.8. The van der Waals surface area contributed by atoms with Crippen molar-refractivity contribution in [2.45, 2.75) is 32.9 Å². The van der Waals surface area contributed by atoms with Crippen molar-refractivity contribution < 1.29 is 14.4 Å². The molecule has 0 amide bonds. The highest BCUT2D eigenvalue weighted by molar-refractivity contribution is 5.87. The minimum absolute atomic E-state index is 0.247. The van der Waals surface area contributed by atoms with Crippen LogP contribution in [0.25, 0.3) is 0 Å². The van der Waals surface area contributed by atoms with Crippen LogP contribution in [0.5, 0.6) is 0 Å². The first-order valence-corrected chi connectivity index (χ1v) is 6.79. The van der Waals surface area contributed by atoms with E-state index >= 15 is 0 Å². The number of nitrogens with zero attached hydrogens (tertiary/aromatic N) is 3. The van der Waals surface area contributed by atoms with E-state index in [0.717, 1.165) is 5.56 Å². The first-order valence-electron chi connectivity index (χ1n) is 6.79. The summed E-state index contributed by atoms with van der Waals surface area (Å²) in [7, 11) is 1.95. The molecule has 0 atom stereocenters. The summed E-state index contributed by atoms with van der Waals surface area (Å²) >= 11 is 0. The summed E-state index contributed by atoms with van der Waals surface area (Å²) in [6, 6.07) is 6.84. The third-order valence-electron chi connectivity index (χ3n) is 3.06. The zero-order valence-corrected chi connectivity index (χ0v) is 12.4. The van der Waals surface area contributed by atoms with Crippen molar-refractivity contribution in [3.63, 3.8) is 0 Å². The van der Waals surface area contributed by atoms with Gasteiger partial charge in [-0.3, -0.25) is 4.90 Å². The van der Waals surface area contributed by atoms with E-state index in [-0.39, 0.29) is 5.92 Å². The highest BCUT2D eigenvalue weighted by atomic mass is 16.5. The normalized spacial score (nSPS) is 11.3. The van der Waals surface area contributed by atoms with Gasteiger partial charge in [0.1, 0.15) is 0 Å². The molecule has 1 aromatic heterocycles. The van der Waals surface area contributed by atoms with E-state index in [4.69, 9.17) is 9.63 Å². The van der Waals surface area contributed by atoms with Gasteiger partial charge in [0.2, 0.25) is 5.89 Å². The van der Waals surface area contributed by atoms with E-state index in [1.807, 2.05) is 37.9 Å². The molecule has 0 saturated carbocycles. The lowest BCUT2D eigenvalue weighted by atomic mass is 10.1. The largest absolute Gasteiger partial charge is 0.478 e. The predicted molar refractivity (Wildman–Crippen MR) is 77.0 cm³/mol. The summed E-state index contributed by atoms with van der Waals surface area (Å²) in [6.45, 7) is 5.27. The van der Waals surface area contributed by atoms with Crippen LogP contribution in [0.3, 0.4) is 0 Å². The minimum Gasteiger partial charge on any atom is -0.478 e. The molecular weight excluding hydrogens is 270 g/mol. The lowest BCUT2D eigenvalue weighted by Crippen LogP contribution is -2.17. The van der Waals surface area contributed by atoms with Crippen LogP contribution in [0.4, 0.5) is 0 Å². The Morgan fingerprint density at radius 2 is 1.95 bits per heavy atom. The number of carboxylic acids is 1. The smallest absolute Gasteiger partial charge is 0.335 e. The van der Waals surface area contributed by atoms with Crippen LogP contribution in [0.1, 0.15) is 47.4 Å². The Labute approximate surface area is 123 Å². The van der Waals surface area contributed by atoms with E-state index in [1.165, 1.54) is 0 Å². The van der Waals surface area contributed by atoms with Gasteiger partial charge in [-0.2, -0.15) is 4.98 Å². The molecule has 0 bridgehead atoms. The van der Waals surface area contributed by atoms with Crippen molar-refractivity contribution in [3.8, 4) is 0 Å². The average Bonchev–Trinajstić information content (AvgIpc) is 2.87. The maximum Gasteiger partial charge on any atom is 0.335 e. The number of rotatable bonds is 6. The Balaban J connectivity index is 1.94. The van der Waals surface area contributed by atoms with Gasteiger partial charge in [0.25, 0.3) is 0 Å². The first-order chi connectivity index (χ1) is 9.95. The molecule has 21 heavy (non-hydrogen) atoms. The molecule has 2 rings (SSSR count).